The number of methoxy groups -OCH3 is 2. The van der Waals surface area contributed by atoms with Gasteiger partial charge in [0, 0.05) is 147 Å². The molecule has 22 nitrogen and oxygen atoms in total. The van der Waals surface area contributed by atoms with Gasteiger partial charge in [0.1, 0.15) is 24.4 Å². The van der Waals surface area contributed by atoms with Gasteiger partial charge in [-0.05, 0) is 91.9 Å². The van der Waals surface area contributed by atoms with E-state index in [0.29, 0.717) is 25.2 Å². The molecule has 9 fully saturated rings. The van der Waals surface area contributed by atoms with Crippen molar-refractivity contribution < 1.29 is 71.6 Å². The Morgan fingerprint density at radius 2 is 1.14 bits per heavy atom. The number of allylic oxidation sites excluding steroid dienone is 1. The van der Waals surface area contributed by atoms with Gasteiger partial charge in [0.2, 0.25) is 0 Å². The van der Waals surface area contributed by atoms with Crippen LogP contribution in [-0.2, 0) is 71.6 Å². The van der Waals surface area contributed by atoms with E-state index in [1.165, 1.54) is 25.7 Å². The van der Waals surface area contributed by atoms with Gasteiger partial charge in [0.05, 0.1) is 43.3 Å². The standard InChI is InChI=1S/C20H26N2O4.C17H20N2O2.C13H15NO3.C13H13NO3.C13H15NO3/c1-21(2)9-5-6-13-10-14-12-20(15(13)11-18(23)26-20)17-8-7-16(22(14)17)19(24-3)25-4;1-18-7-4-5-12-9-13-11-17(14(12)10-16(20)21-17)15-6-2-3-8-19(13)15;2*15-12-8-9-10-4-3-6-13(9,16-12)11-5-1-2-7-14(11)17-10;15-12-7-9-4-5-10-8-13(9,16-12)11-3-1-2-6-14(11)17-10/h10-11,14,16-17,19H,7-9,12H2,1-4H3;9-10,13,15,18H,2-3,6-8,11H2,1H3;3-4,8,10-11H,1-2,5-7H2;2-4,7-8,10-11H,1,5-6H2;4-5,7,10-11H,1-3,6,8H2. The molecule has 15 aliphatic heterocycles. The van der Waals surface area contributed by atoms with Crippen LogP contribution in [-0.4, -0.2) is 229 Å². The highest BCUT2D eigenvalue weighted by atomic mass is 16.7. The lowest BCUT2D eigenvalue weighted by molar-refractivity contribution is -0.291. The Kier molecular flexibility index (Phi) is 17.3. The van der Waals surface area contributed by atoms with Crippen molar-refractivity contribution in [2.24, 2.45) is 0 Å². The van der Waals surface area contributed by atoms with E-state index >= 15 is 0 Å². The molecule has 22 heteroatoms. The van der Waals surface area contributed by atoms with Crippen LogP contribution in [0.3, 0.4) is 0 Å². The Morgan fingerprint density at radius 1 is 0.571 bits per heavy atom. The second kappa shape index (κ2) is 25.9. The van der Waals surface area contributed by atoms with E-state index in [2.05, 4.69) is 69.2 Å². The van der Waals surface area contributed by atoms with Gasteiger partial charge in [-0.2, -0.15) is 10.1 Å². The number of fused-ring (bicyclic) bond motifs is 10. The molecule has 10 bridgehead atoms. The van der Waals surface area contributed by atoms with Gasteiger partial charge in [-0.15, -0.1) is 0 Å². The molecule has 0 aromatic rings. The van der Waals surface area contributed by atoms with Gasteiger partial charge in [-0.3, -0.25) is 34.3 Å². The summed E-state index contributed by atoms with van der Waals surface area (Å²) in [5.41, 5.74) is 4.72. The van der Waals surface area contributed by atoms with Crippen LogP contribution in [0.2, 0.25) is 0 Å². The molecular weight excluding hydrogens is 1250 g/mol. The molecule has 9 saturated heterocycles. The van der Waals surface area contributed by atoms with Crippen molar-refractivity contribution in [2.45, 2.75) is 217 Å². The van der Waals surface area contributed by atoms with Crippen LogP contribution in [0.5, 0.6) is 0 Å². The minimum Gasteiger partial charge on any atom is -0.449 e. The molecule has 20 rings (SSSR count). The fourth-order valence-electron chi connectivity index (χ4n) is 20.0. The molecule has 0 amide bonds. The molecule has 98 heavy (non-hydrogen) atoms. The zero-order valence-electron chi connectivity index (χ0n) is 56.7. The fourth-order valence-corrected chi connectivity index (χ4v) is 20.0. The summed E-state index contributed by atoms with van der Waals surface area (Å²) in [6.45, 7) is 4.34. The lowest BCUT2D eigenvalue weighted by Gasteiger charge is -2.52. The molecule has 20 aliphatic rings. The molecule has 16 unspecified atom stereocenters. The Labute approximate surface area is 572 Å². The highest BCUT2D eigenvalue weighted by Crippen LogP contribution is 2.58. The number of carbonyl (C=O) groups excluding carboxylic acids is 5. The van der Waals surface area contributed by atoms with Crippen molar-refractivity contribution in [1.82, 2.24) is 35.2 Å². The predicted octanol–water partition coefficient (Wildman–Crippen LogP) is 6.07. The Balaban J connectivity index is 0.0000000967. The predicted molar refractivity (Wildman–Crippen MR) is 355 cm³/mol. The summed E-state index contributed by atoms with van der Waals surface area (Å²) in [6.07, 6.45) is 46.8. The summed E-state index contributed by atoms with van der Waals surface area (Å²) in [4.78, 5) is 83.7. The maximum Gasteiger partial charge on any atom is 0.332 e. The van der Waals surface area contributed by atoms with Gasteiger partial charge < -0.3 is 38.5 Å². The highest BCUT2D eigenvalue weighted by Gasteiger charge is 2.67. The Hall–Kier alpha value is -7.03. The quantitative estimate of drug-likeness (QED) is 0.109. The van der Waals surface area contributed by atoms with Gasteiger partial charge in [0.15, 0.2) is 34.3 Å². The number of nitrogens with zero attached hydrogens (tertiary/aromatic N) is 6. The maximum atomic E-state index is 12.2. The normalized spacial score (nSPS) is 39.6. The molecule has 0 radical (unpaired) electrons. The van der Waals surface area contributed by atoms with E-state index in [1.54, 1.807) is 44.6 Å². The van der Waals surface area contributed by atoms with Crippen LogP contribution >= 0.6 is 0 Å². The smallest absolute Gasteiger partial charge is 0.332 e. The van der Waals surface area contributed by atoms with Crippen LogP contribution in [0.25, 0.3) is 0 Å². The molecule has 0 aromatic carbocycles. The first-order valence-electron chi connectivity index (χ1n) is 35.7. The summed E-state index contributed by atoms with van der Waals surface area (Å²) < 4.78 is 39.9. The lowest BCUT2D eigenvalue weighted by Crippen LogP contribution is -2.63. The number of hydroxylamine groups is 6. The second-order valence-corrected chi connectivity index (χ2v) is 29.4. The van der Waals surface area contributed by atoms with Gasteiger partial charge in [-0.1, -0.05) is 97.6 Å². The van der Waals surface area contributed by atoms with E-state index in [-0.39, 0.29) is 90.7 Å². The van der Waals surface area contributed by atoms with E-state index in [0.717, 1.165) is 149 Å². The van der Waals surface area contributed by atoms with E-state index in [9.17, 15) is 24.0 Å². The first kappa shape index (κ1) is 65.6. The number of hydrogen-bond donors (Lipinski definition) is 1. The average molecular weight is 1340 g/mol. The minimum absolute atomic E-state index is 0.0624. The molecule has 1 N–H and O–H groups in total. The van der Waals surface area contributed by atoms with Gasteiger partial charge >= 0.3 is 29.8 Å². The first-order chi connectivity index (χ1) is 47.6. The number of ether oxygens (including phenoxy) is 7. The van der Waals surface area contributed by atoms with Crippen molar-refractivity contribution in [1.29, 1.82) is 0 Å². The molecule has 518 valence electrons. The van der Waals surface area contributed by atoms with Crippen molar-refractivity contribution in [2.75, 3.05) is 68.1 Å². The largest absolute Gasteiger partial charge is 0.449 e. The molecule has 3 spiro atoms. The average Bonchev–Trinajstić information content (AvgIpc) is 1.51. The van der Waals surface area contributed by atoms with E-state index in [4.69, 9.17) is 47.7 Å². The molecule has 0 aromatic heterocycles. The van der Waals surface area contributed by atoms with Crippen molar-refractivity contribution in [3.8, 4) is 23.7 Å². The van der Waals surface area contributed by atoms with Crippen LogP contribution in [0.15, 0.2) is 130 Å². The number of hydrogen-bond acceptors (Lipinski definition) is 22. The summed E-state index contributed by atoms with van der Waals surface area (Å²) in [6, 6.07) is 1.74. The number of piperidine rings is 3. The second-order valence-electron chi connectivity index (χ2n) is 29.4. The van der Waals surface area contributed by atoms with Crippen molar-refractivity contribution in [3.63, 3.8) is 0 Å². The van der Waals surface area contributed by atoms with Gasteiger partial charge in [0.25, 0.3) is 0 Å². The summed E-state index contributed by atoms with van der Waals surface area (Å²) in [5, 5.41) is 9.00. The first-order valence-corrected chi connectivity index (χ1v) is 35.7. The van der Waals surface area contributed by atoms with Crippen molar-refractivity contribution in [3.05, 3.63) is 130 Å². The number of rotatable bonds is 5. The summed E-state index contributed by atoms with van der Waals surface area (Å²) in [7, 11) is 9.23. The number of nitrogens with one attached hydrogen (secondary N) is 1. The molecule has 16 atom stereocenters. The lowest BCUT2D eigenvalue weighted by atomic mass is 9.74. The molecule has 0 saturated carbocycles. The molecular formula is C76H89N7O15. The van der Waals surface area contributed by atoms with E-state index < -0.39 is 28.0 Å². The highest BCUT2D eigenvalue weighted by molar-refractivity contribution is 5.92. The van der Waals surface area contributed by atoms with Crippen LogP contribution in [0.1, 0.15) is 116 Å². The number of carbonyl (C=O) groups is 5. The summed E-state index contributed by atoms with van der Waals surface area (Å²) >= 11 is 0. The monoisotopic (exact) mass is 1340 g/mol. The topological polar surface area (TPSA) is 209 Å². The fraction of sp³-hybridized carbons (Fsp3) is 0.592. The summed E-state index contributed by atoms with van der Waals surface area (Å²) in [5.74, 6) is 11.8. The Bertz CT molecular complexity index is 3800. The van der Waals surface area contributed by atoms with E-state index in [1.807, 2.05) is 71.7 Å². The SMILES string of the molecule is CNCC#CC1=CC2CC3(OC(=O)C=C13)C1CCCCN21.COC(OC)C1CCC2N1C1C=C(C#CCN(C)C)C3=CC(=O)OC32C1.O=C1C=C2C3C=CCC2(O1)C1CCC=CN1O3.O=C1C=C2C3C=CCC2(O1)C1CCCCN1O3.O=C1C=C2C=CC3CC2(O1)C1CCCCN1O3. The van der Waals surface area contributed by atoms with Gasteiger partial charge in [-0.25, -0.2) is 24.0 Å². The zero-order chi connectivity index (χ0) is 67.3. The third-order valence-electron chi connectivity index (χ3n) is 23.8. The third-order valence-corrected chi connectivity index (χ3v) is 23.8. The van der Waals surface area contributed by atoms with Crippen LogP contribution in [0, 0.1) is 23.7 Å². The van der Waals surface area contributed by atoms with Crippen molar-refractivity contribution >= 4 is 29.8 Å². The van der Waals surface area contributed by atoms with Crippen LogP contribution < -0.4 is 5.32 Å². The maximum absolute atomic E-state index is 12.2. The number of esters is 5. The zero-order valence-corrected chi connectivity index (χ0v) is 56.7. The Morgan fingerprint density at radius 3 is 1.83 bits per heavy atom. The minimum atomic E-state index is -0.556. The third kappa shape index (κ3) is 10.8. The molecule has 15 heterocycles. The van der Waals surface area contributed by atoms with Crippen LogP contribution in [0.4, 0.5) is 0 Å². The molecule has 5 aliphatic carbocycles.